The van der Waals surface area contributed by atoms with Gasteiger partial charge in [-0.15, -0.1) is 0 Å². The molecule has 0 bridgehead atoms. The summed E-state index contributed by atoms with van der Waals surface area (Å²) in [6.45, 7) is 7.71. The van der Waals surface area contributed by atoms with Gasteiger partial charge in [0.2, 0.25) is 0 Å². The van der Waals surface area contributed by atoms with E-state index in [1.165, 1.54) is 96.4 Å². The largest absolute Gasteiger partial charge is 1.00 e. The van der Waals surface area contributed by atoms with Crippen LogP contribution in [0.25, 0.3) is 0 Å². The summed E-state index contributed by atoms with van der Waals surface area (Å²) in [6.07, 6.45) is 29.5. The van der Waals surface area contributed by atoms with E-state index in [-0.39, 0.29) is 32.2 Å². The highest BCUT2D eigenvalue weighted by molar-refractivity contribution is 4.81. The Balaban J connectivity index is 0. The molecule has 0 saturated heterocycles. The smallest absolute Gasteiger partial charge is 0.0787 e. The molecule has 5 heteroatoms. The SMILES string of the molecule is CCCCCCCC/C=C\CCCCCCCC[N+](CCCCO)(CCCCO)CCCCO.[Cl-]. The number of hydrogen-bond acceptors (Lipinski definition) is 3. The number of nitrogens with zero attached hydrogens (tertiary/aromatic N) is 1. The van der Waals surface area contributed by atoms with Crippen LogP contribution < -0.4 is 12.4 Å². The summed E-state index contributed by atoms with van der Waals surface area (Å²) in [5.41, 5.74) is 0. The number of allylic oxidation sites excluding steroid dienone is 2. The molecule has 4 nitrogen and oxygen atoms in total. The maximum Gasteiger partial charge on any atom is 0.0787 e. The van der Waals surface area contributed by atoms with Gasteiger partial charge in [0.25, 0.3) is 0 Å². The third-order valence-electron chi connectivity index (χ3n) is 7.27. The molecule has 0 saturated carbocycles. The molecule has 35 heavy (non-hydrogen) atoms. The van der Waals surface area contributed by atoms with E-state index < -0.39 is 0 Å². The van der Waals surface area contributed by atoms with Crippen LogP contribution in [0.15, 0.2) is 12.2 Å². The highest BCUT2D eigenvalue weighted by Crippen LogP contribution is 2.18. The highest BCUT2D eigenvalue weighted by atomic mass is 35.5. The van der Waals surface area contributed by atoms with Crippen LogP contribution in [0.4, 0.5) is 0 Å². The highest BCUT2D eigenvalue weighted by Gasteiger charge is 2.25. The van der Waals surface area contributed by atoms with Gasteiger partial charge in [-0.3, -0.25) is 0 Å². The van der Waals surface area contributed by atoms with Gasteiger partial charge in [-0.05, 0) is 77.0 Å². The van der Waals surface area contributed by atoms with E-state index in [2.05, 4.69) is 19.1 Å². The van der Waals surface area contributed by atoms with Gasteiger partial charge < -0.3 is 32.2 Å². The monoisotopic (exact) mass is 519 g/mol. The third-order valence-corrected chi connectivity index (χ3v) is 7.27. The fourth-order valence-corrected chi connectivity index (χ4v) is 5.04. The topological polar surface area (TPSA) is 60.7 Å². The molecular formula is C30H62ClNO3. The maximum atomic E-state index is 9.24. The Morgan fingerprint density at radius 3 is 1.11 bits per heavy atom. The standard InChI is InChI=1S/C30H62NO3.ClH/c1-2-3-4-5-6-7-8-9-10-11-12-13-14-15-16-17-24-31(25-18-21-28-32,26-19-22-29-33)27-20-23-30-34;/h9-10,32-34H,2-8,11-30H2,1H3;1H/q+1;/p-1/b10-9-;. The fourth-order valence-electron chi connectivity index (χ4n) is 5.04. The Kier molecular flexibility index (Phi) is 31.8. The van der Waals surface area contributed by atoms with Crippen LogP contribution in [0.2, 0.25) is 0 Å². The lowest BCUT2D eigenvalue weighted by atomic mass is 10.1. The van der Waals surface area contributed by atoms with Gasteiger partial charge in [-0.2, -0.15) is 0 Å². The number of hydrogen-bond donors (Lipinski definition) is 3. The summed E-state index contributed by atoms with van der Waals surface area (Å²) in [5.74, 6) is 0. The lowest BCUT2D eigenvalue weighted by molar-refractivity contribution is -0.929. The lowest BCUT2D eigenvalue weighted by Gasteiger charge is -2.39. The average molecular weight is 520 g/mol. The quantitative estimate of drug-likeness (QED) is 0.0826. The normalized spacial score (nSPS) is 11.9. The van der Waals surface area contributed by atoms with Gasteiger partial charge in [0.05, 0.1) is 26.2 Å². The summed E-state index contributed by atoms with van der Waals surface area (Å²) in [5, 5.41) is 27.7. The van der Waals surface area contributed by atoms with Crippen molar-refractivity contribution in [1.82, 2.24) is 0 Å². The molecule has 0 heterocycles. The van der Waals surface area contributed by atoms with Crippen LogP contribution in [-0.4, -0.2) is 65.8 Å². The van der Waals surface area contributed by atoms with E-state index in [1.54, 1.807) is 0 Å². The zero-order valence-corrected chi connectivity index (χ0v) is 24.2. The van der Waals surface area contributed by atoms with Crippen molar-refractivity contribution in [3.63, 3.8) is 0 Å². The zero-order valence-electron chi connectivity index (χ0n) is 23.4. The fraction of sp³-hybridized carbons (Fsp3) is 0.933. The molecule has 0 aliphatic heterocycles. The van der Waals surface area contributed by atoms with Gasteiger partial charge in [-0.1, -0.05) is 70.4 Å². The van der Waals surface area contributed by atoms with E-state index in [9.17, 15) is 15.3 Å². The lowest BCUT2D eigenvalue weighted by Crippen LogP contribution is -3.00. The number of quaternary nitrogens is 1. The number of halogens is 1. The van der Waals surface area contributed by atoms with Crippen molar-refractivity contribution in [3.05, 3.63) is 12.2 Å². The Morgan fingerprint density at radius 2 is 0.743 bits per heavy atom. The van der Waals surface area contributed by atoms with E-state index in [0.717, 1.165) is 62.6 Å². The number of rotatable bonds is 28. The predicted molar refractivity (Wildman–Crippen MR) is 148 cm³/mol. The van der Waals surface area contributed by atoms with Crippen molar-refractivity contribution >= 4 is 0 Å². The van der Waals surface area contributed by atoms with Crippen molar-refractivity contribution in [2.75, 3.05) is 46.0 Å². The molecule has 212 valence electrons. The predicted octanol–water partition coefficient (Wildman–Crippen LogP) is 4.16. The van der Waals surface area contributed by atoms with Crippen LogP contribution >= 0.6 is 0 Å². The molecule has 0 rings (SSSR count). The molecule has 0 amide bonds. The van der Waals surface area contributed by atoms with Gasteiger partial charge >= 0.3 is 0 Å². The number of aliphatic hydroxyl groups is 3. The van der Waals surface area contributed by atoms with Crippen LogP contribution in [-0.2, 0) is 0 Å². The van der Waals surface area contributed by atoms with E-state index in [1.807, 2.05) is 0 Å². The molecule has 0 aliphatic carbocycles. The summed E-state index contributed by atoms with van der Waals surface area (Å²) >= 11 is 0. The van der Waals surface area contributed by atoms with Gasteiger partial charge in [-0.25, -0.2) is 0 Å². The average Bonchev–Trinajstić information content (AvgIpc) is 2.84. The molecule has 0 aromatic heterocycles. The Bertz CT molecular complexity index is 394. The van der Waals surface area contributed by atoms with Crippen molar-refractivity contribution in [2.45, 2.75) is 135 Å². The molecule has 3 N–H and O–H groups in total. The van der Waals surface area contributed by atoms with Crippen LogP contribution in [0.3, 0.4) is 0 Å². The van der Waals surface area contributed by atoms with Crippen LogP contribution in [0.5, 0.6) is 0 Å². The molecule has 0 aromatic carbocycles. The second-order valence-corrected chi connectivity index (χ2v) is 10.5. The van der Waals surface area contributed by atoms with E-state index in [0.29, 0.717) is 0 Å². The van der Waals surface area contributed by atoms with Crippen molar-refractivity contribution < 1.29 is 32.2 Å². The molecular weight excluding hydrogens is 458 g/mol. The molecule has 0 radical (unpaired) electrons. The molecule has 0 aromatic rings. The summed E-state index contributed by atoms with van der Waals surface area (Å²) in [7, 11) is 0. The van der Waals surface area contributed by atoms with Gasteiger partial charge in [0.15, 0.2) is 0 Å². The van der Waals surface area contributed by atoms with Gasteiger partial charge in [0, 0.05) is 19.8 Å². The maximum absolute atomic E-state index is 9.24. The minimum absolute atomic E-state index is 0. The molecule has 0 aliphatic rings. The summed E-state index contributed by atoms with van der Waals surface area (Å²) in [6, 6.07) is 0. The third kappa shape index (κ3) is 25.3. The van der Waals surface area contributed by atoms with E-state index >= 15 is 0 Å². The summed E-state index contributed by atoms with van der Waals surface area (Å²) in [4.78, 5) is 0. The minimum Gasteiger partial charge on any atom is -1.00 e. The van der Waals surface area contributed by atoms with E-state index in [4.69, 9.17) is 0 Å². The Morgan fingerprint density at radius 1 is 0.429 bits per heavy atom. The first-order valence-electron chi connectivity index (χ1n) is 15.1. The summed E-state index contributed by atoms with van der Waals surface area (Å²) < 4.78 is 1.11. The zero-order chi connectivity index (χ0) is 25.0. The molecule has 0 atom stereocenters. The second-order valence-electron chi connectivity index (χ2n) is 10.5. The number of aliphatic hydroxyl groups excluding tert-OH is 3. The van der Waals surface area contributed by atoms with Crippen molar-refractivity contribution in [2.24, 2.45) is 0 Å². The molecule has 0 fully saturated rings. The van der Waals surface area contributed by atoms with Crippen LogP contribution in [0, 0.1) is 0 Å². The second kappa shape index (κ2) is 30.1. The van der Waals surface area contributed by atoms with Crippen LogP contribution in [0.1, 0.15) is 135 Å². The minimum atomic E-state index is 0. The first-order chi connectivity index (χ1) is 16.7. The number of unbranched alkanes of at least 4 members (excludes halogenated alkanes) is 15. The molecule has 0 spiro atoms. The van der Waals surface area contributed by atoms with Crippen molar-refractivity contribution in [3.8, 4) is 0 Å². The molecule has 0 unspecified atom stereocenters. The first-order valence-corrected chi connectivity index (χ1v) is 15.1. The Labute approximate surface area is 225 Å². The first kappa shape index (κ1) is 37.0. The van der Waals surface area contributed by atoms with Gasteiger partial charge in [0.1, 0.15) is 0 Å². The Hall–Kier alpha value is -0.130. The van der Waals surface area contributed by atoms with Crippen molar-refractivity contribution in [1.29, 1.82) is 0 Å².